The molecular weight excluding hydrogens is 232 g/mol. The summed E-state index contributed by atoms with van der Waals surface area (Å²) >= 11 is 0. The maximum Gasteiger partial charge on any atom is 0.257 e. The number of amides is 1. The van der Waals surface area contributed by atoms with Crippen molar-refractivity contribution in [3.8, 4) is 5.75 Å². The maximum atomic E-state index is 13.7. The van der Waals surface area contributed by atoms with E-state index in [1.165, 1.54) is 14.0 Å². The molecule has 94 valence electrons. The lowest BCUT2D eigenvalue weighted by molar-refractivity contribution is 0.0913. The molecule has 0 fully saturated rings. The number of aliphatic hydroxyl groups excluding tert-OH is 1. The minimum absolute atomic E-state index is 0.215. The van der Waals surface area contributed by atoms with E-state index in [1.54, 1.807) is 0 Å². The van der Waals surface area contributed by atoms with Gasteiger partial charge in [-0.3, -0.25) is 4.79 Å². The smallest absolute Gasteiger partial charge is 0.257 e. The number of hydrogen-bond acceptors (Lipinski definition) is 3. The molecule has 2 N–H and O–H groups in total. The second-order valence-electron chi connectivity index (χ2n) is 3.50. The van der Waals surface area contributed by atoms with Crippen LogP contribution in [0.1, 0.15) is 17.3 Å². The molecule has 0 saturated heterocycles. The molecule has 17 heavy (non-hydrogen) atoms. The van der Waals surface area contributed by atoms with Gasteiger partial charge in [-0.25, -0.2) is 8.78 Å². The number of nitrogens with one attached hydrogen (secondary N) is 1. The highest BCUT2D eigenvalue weighted by Gasteiger charge is 2.21. The predicted octanol–water partition coefficient (Wildman–Crippen LogP) is 1.08. The quantitative estimate of drug-likeness (QED) is 0.834. The van der Waals surface area contributed by atoms with E-state index in [9.17, 15) is 13.6 Å². The van der Waals surface area contributed by atoms with E-state index in [0.29, 0.717) is 0 Å². The van der Waals surface area contributed by atoms with Crippen LogP contribution in [-0.4, -0.2) is 30.8 Å². The largest absolute Gasteiger partial charge is 0.494 e. The lowest BCUT2D eigenvalue weighted by atomic mass is 10.1. The molecule has 4 nitrogen and oxygen atoms in total. The Bertz CT molecular complexity index is 423. The van der Waals surface area contributed by atoms with Gasteiger partial charge in [0.15, 0.2) is 11.6 Å². The number of rotatable bonds is 4. The Balaban J connectivity index is 3.08. The number of halogens is 2. The predicted molar refractivity (Wildman–Crippen MR) is 56.9 cm³/mol. The van der Waals surface area contributed by atoms with E-state index in [-0.39, 0.29) is 12.4 Å². The number of carbonyl (C=O) groups is 1. The average Bonchev–Trinajstić information content (AvgIpc) is 2.29. The molecule has 1 amide bonds. The average molecular weight is 245 g/mol. The van der Waals surface area contributed by atoms with Crippen LogP contribution in [0.3, 0.4) is 0 Å². The van der Waals surface area contributed by atoms with Gasteiger partial charge in [0, 0.05) is 6.04 Å². The van der Waals surface area contributed by atoms with Crippen molar-refractivity contribution in [2.45, 2.75) is 13.0 Å². The third-order valence-corrected chi connectivity index (χ3v) is 2.15. The minimum atomic E-state index is -1.06. The van der Waals surface area contributed by atoms with E-state index >= 15 is 0 Å². The SMILES string of the molecule is COc1ccc(F)c(C(=O)NC(C)CO)c1F. The molecule has 0 aromatic heterocycles. The summed E-state index contributed by atoms with van der Waals surface area (Å²) in [6, 6.07) is 1.45. The first kappa shape index (κ1) is 13.4. The number of ether oxygens (including phenoxy) is 1. The van der Waals surface area contributed by atoms with Crippen LogP contribution in [0.15, 0.2) is 12.1 Å². The fourth-order valence-corrected chi connectivity index (χ4v) is 1.24. The molecule has 1 aromatic rings. The van der Waals surface area contributed by atoms with Crippen LogP contribution in [0, 0.1) is 11.6 Å². The van der Waals surface area contributed by atoms with Gasteiger partial charge in [-0.15, -0.1) is 0 Å². The van der Waals surface area contributed by atoms with Gasteiger partial charge in [0.05, 0.1) is 13.7 Å². The lowest BCUT2D eigenvalue weighted by Crippen LogP contribution is -2.36. The van der Waals surface area contributed by atoms with E-state index in [4.69, 9.17) is 5.11 Å². The van der Waals surface area contributed by atoms with E-state index < -0.39 is 29.1 Å². The van der Waals surface area contributed by atoms with Gasteiger partial charge in [-0.05, 0) is 19.1 Å². The molecule has 6 heteroatoms. The van der Waals surface area contributed by atoms with Crippen molar-refractivity contribution in [2.75, 3.05) is 13.7 Å². The first-order chi connectivity index (χ1) is 8.01. The van der Waals surface area contributed by atoms with Crippen LogP contribution in [-0.2, 0) is 0 Å². The van der Waals surface area contributed by atoms with Crippen molar-refractivity contribution < 1.29 is 23.4 Å². The summed E-state index contributed by atoms with van der Waals surface area (Å²) in [4.78, 5) is 11.6. The lowest BCUT2D eigenvalue weighted by Gasteiger charge is -2.12. The van der Waals surface area contributed by atoms with Gasteiger partial charge in [-0.2, -0.15) is 0 Å². The van der Waals surface area contributed by atoms with Crippen LogP contribution in [0.4, 0.5) is 8.78 Å². The Morgan fingerprint density at radius 1 is 1.53 bits per heavy atom. The molecule has 0 aliphatic heterocycles. The van der Waals surface area contributed by atoms with Gasteiger partial charge in [-0.1, -0.05) is 0 Å². The number of hydrogen-bond donors (Lipinski definition) is 2. The van der Waals surface area contributed by atoms with Crippen molar-refractivity contribution >= 4 is 5.91 Å². The standard InChI is InChI=1S/C11H13F2NO3/c1-6(5-15)14-11(16)9-7(12)3-4-8(17-2)10(9)13/h3-4,6,15H,5H2,1-2H3,(H,14,16). The summed E-state index contributed by atoms with van der Waals surface area (Å²) < 4.78 is 31.7. The van der Waals surface area contributed by atoms with E-state index in [1.807, 2.05) is 0 Å². The van der Waals surface area contributed by atoms with Gasteiger partial charge in [0.2, 0.25) is 0 Å². The molecule has 0 heterocycles. The third kappa shape index (κ3) is 2.91. The minimum Gasteiger partial charge on any atom is -0.494 e. The maximum absolute atomic E-state index is 13.7. The molecule has 0 radical (unpaired) electrons. The molecule has 1 atom stereocenters. The zero-order valence-electron chi connectivity index (χ0n) is 9.46. The third-order valence-electron chi connectivity index (χ3n) is 2.15. The van der Waals surface area contributed by atoms with Gasteiger partial charge in [0.1, 0.15) is 11.4 Å². The monoisotopic (exact) mass is 245 g/mol. The normalized spacial score (nSPS) is 12.1. The fraction of sp³-hybridized carbons (Fsp3) is 0.364. The summed E-state index contributed by atoms with van der Waals surface area (Å²) in [6.45, 7) is 1.19. The molecule has 0 spiro atoms. The summed E-state index contributed by atoms with van der Waals surface area (Å²) in [7, 11) is 1.22. The summed E-state index contributed by atoms with van der Waals surface area (Å²) in [5.41, 5.74) is -0.718. The molecular formula is C11H13F2NO3. The number of carbonyl (C=O) groups excluding carboxylic acids is 1. The van der Waals surface area contributed by atoms with Crippen molar-refractivity contribution in [1.82, 2.24) is 5.32 Å². The van der Waals surface area contributed by atoms with Crippen LogP contribution in [0.5, 0.6) is 5.75 Å². The molecule has 0 aliphatic rings. The second kappa shape index (κ2) is 5.58. The van der Waals surface area contributed by atoms with Crippen molar-refractivity contribution in [2.24, 2.45) is 0 Å². The Kier molecular flexibility index (Phi) is 4.39. The molecule has 0 bridgehead atoms. The van der Waals surface area contributed by atoms with Crippen molar-refractivity contribution in [1.29, 1.82) is 0 Å². The van der Waals surface area contributed by atoms with Crippen LogP contribution in [0.2, 0.25) is 0 Å². The van der Waals surface area contributed by atoms with Crippen LogP contribution >= 0.6 is 0 Å². The van der Waals surface area contributed by atoms with E-state index in [2.05, 4.69) is 10.1 Å². The Labute approximate surface area is 97.2 Å². The van der Waals surface area contributed by atoms with Gasteiger partial charge in [0.25, 0.3) is 5.91 Å². The first-order valence-electron chi connectivity index (χ1n) is 4.95. The summed E-state index contributed by atoms with van der Waals surface area (Å²) in [6.07, 6.45) is 0. The number of benzene rings is 1. The van der Waals surface area contributed by atoms with Gasteiger partial charge >= 0.3 is 0 Å². The zero-order valence-corrected chi connectivity index (χ0v) is 9.46. The Morgan fingerprint density at radius 2 is 2.18 bits per heavy atom. The molecule has 0 saturated carbocycles. The van der Waals surface area contributed by atoms with Crippen LogP contribution < -0.4 is 10.1 Å². The Hall–Kier alpha value is -1.69. The highest BCUT2D eigenvalue weighted by atomic mass is 19.1. The first-order valence-corrected chi connectivity index (χ1v) is 4.95. The molecule has 1 unspecified atom stereocenters. The van der Waals surface area contributed by atoms with Crippen molar-refractivity contribution in [3.05, 3.63) is 29.3 Å². The highest BCUT2D eigenvalue weighted by molar-refractivity contribution is 5.95. The molecule has 1 rings (SSSR count). The number of aliphatic hydroxyl groups is 1. The summed E-state index contributed by atoms with van der Waals surface area (Å²) in [5.74, 6) is -3.19. The van der Waals surface area contributed by atoms with Crippen LogP contribution in [0.25, 0.3) is 0 Å². The Morgan fingerprint density at radius 3 is 2.71 bits per heavy atom. The van der Waals surface area contributed by atoms with E-state index in [0.717, 1.165) is 12.1 Å². The fourth-order valence-electron chi connectivity index (χ4n) is 1.24. The van der Waals surface area contributed by atoms with Crippen molar-refractivity contribution in [3.63, 3.8) is 0 Å². The van der Waals surface area contributed by atoms with Gasteiger partial charge < -0.3 is 15.2 Å². The summed E-state index contributed by atoms with van der Waals surface area (Å²) in [5, 5.41) is 11.0. The molecule has 1 aromatic carbocycles. The molecule has 0 aliphatic carbocycles. The number of methoxy groups -OCH3 is 1. The highest BCUT2D eigenvalue weighted by Crippen LogP contribution is 2.22. The topological polar surface area (TPSA) is 58.6 Å². The zero-order chi connectivity index (χ0) is 13.0. The second-order valence-corrected chi connectivity index (χ2v) is 3.50.